The molecule has 0 aliphatic rings. The van der Waals surface area contributed by atoms with Crippen LogP contribution in [-0.4, -0.2) is 16.8 Å². The second-order valence-corrected chi connectivity index (χ2v) is 5.33. The van der Waals surface area contributed by atoms with Crippen LogP contribution in [0.5, 0.6) is 0 Å². The van der Waals surface area contributed by atoms with E-state index in [1.54, 1.807) is 11.8 Å². The molecule has 4 heteroatoms. The molecule has 0 heterocycles. The molecule has 2 aromatic carbocycles. The maximum Gasteiger partial charge on any atom is 0.304 e. The Hall–Kier alpha value is -1.39. The summed E-state index contributed by atoms with van der Waals surface area (Å²) in [4.78, 5) is 12.3. The molecule has 0 aromatic heterocycles. The molecule has 0 atom stereocenters. The van der Waals surface area contributed by atoms with Gasteiger partial charge in [0, 0.05) is 15.5 Å². The summed E-state index contributed by atoms with van der Waals surface area (Å²) in [7, 11) is 0. The Labute approximate surface area is 123 Å². The summed E-state index contributed by atoms with van der Waals surface area (Å²) in [6, 6.07) is 19.6. The third-order valence-electron chi connectivity index (χ3n) is 2.08. The predicted molar refractivity (Wildman–Crippen MR) is 83.1 cm³/mol. The Morgan fingerprint density at radius 3 is 1.95 bits per heavy atom. The van der Waals surface area contributed by atoms with E-state index in [0.29, 0.717) is 5.75 Å². The lowest BCUT2D eigenvalue weighted by molar-refractivity contribution is -0.136. The molecule has 2 rings (SSSR count). The molecule has 0 saturated heterocycles. The average Bonchev–Trinajstić information content (AvgIpc) is 2.41. The fraction of sp³-hybridized carbons (Fsp3) is 0.133. The van der Waals surface area contributed by atoms with Crippen molar-refractivity contribution in [1.82, 2.24) is 0 Å². The number of carbonyl (C=O) groups is 1. The first-order valence-electron chi connectivity index (χ1n) is 5.82. The van der Waals surface area contributed by atoms with Crippen LogP contribution in [0.3, 0.4) is 0 Å². The van der Waals surface area contributed by atoms with Crippen LogP contribution in [-0.2, 0) is 4.79 Å². The number of thioether (sulfide) groups is 1. The van der Waals surface area contributed by atoms with E-state index in [0.717, 1.165) is 9.79 Å². The van der Waals surface area contributed by atoms with Crippen LogP contribution in [0, 0.1) is 0 Å². The van der Waals surface area contributed by atoms with Crippen LogP contribution >= 0.6 is 24.4 Å². The van der Waals surface area contributed by atoms with Gasteiger partial charge in [0.15, 0.2) is 0 Å². The number of carboxylic acid groups (broad SMARTS) is 1. The molecule has 2 aromatic rings. The van der Waals surface area contributed by atoms with Gasteiger partial charge in [-0.25, -0.2) is 0 Å². The Morgan fingerprint density at radius 1 is 1.00 bits per heavy atom. The third-order valence-corrected chi connectivity index (χ3v) is 3.40. The van der Waals surface area contributed by atoms with Crippen molar-refractivity contribution in [2.75, 3.05) is 5.75 Å². The van der Waals surface area contributed by atoms with Crippen molar-refractivity contribution in [3.05, 3.63) is 60.7 Å². The number of thiol groups is 1. The molecule has 1 N–H and O–H groups in total. The monoisotopic (exact) mass is 292 g/mol. The quantitative estimate of drug-likeness (QED) is 0.654. The van der Waals surface area contributed by atoms with E-state index in [2.05, 4.69) is 12.6 Å². The van der Waals surface area contributed by atoms with Crippen molar-refractivity contribution in [2.45, 2.75) is 16.2 Å². The summed E-state index contributed by atoms with van der Waals surface area (Å²) in [5.41, 5.74) is 0. The minimum Gasteiger partial charge on any atom is -0.481 e. The van der Waals surface area contributed by atoms with Crippen molar-refractivity contribution in [3.8, 4) is 0 Å². The SMILES string of the molecule is O=C(O)CCSc1ccccc1.Sc1ccccc1. The minimum absolute atomic E-state index is 0.222. The zero-order chi connectivity index (χ0) is 13.9. The van der Waals surface area contributed by atoms with Crippen LogP contribution < -0.4 is 0 Å². The summed E-state index contributed by atoms with van der Waals surface area (Å²) in [5, 5.41) is 8.38. The number of rotatable bonds is 4. The molecule has 0 spiro atoms. The molecule has 0 amide bonds. The highest BCUT2D eigenvalue weighted by Gasteiger charge is 1.97. The molecular formula is C15H16O2S2. The van der Waals surface area contributed by atoms with E-state index < -0.39 is 5.97 Å². The van der Waals surface area contributed by atoms with Crippen molar-refractivity contribution < 1.29 is 9.90 Å². The van der Waals surface area contributed by atoms with Crippen molar-refractivity contribution >= 4 is 30.4 Å². The lowest BCUT2D eigenvalue weighted by atomic mass is 10.4. The van der Waals surface area contributed by atoms with Crippen LogP contribution in [0.4, 0.5) is 0 Å². The topological polar surface area (TPSA) is 37.3 Å². The molecule has 0 aliphatic heterocycles. The van der Waals surface area contributed by atoms with Gasteiger partial charge < -0.3 is 5.11 Å². The average molecular weight is 292 g/mol. The molecule has 19 heavy (non-hydrogen) atoms. The summed E-state index contributed by atoms with van der Waals surface area (Å²) in [6.45, 7) is 0. The molecular weight excluding hydrogens is 276 g/mol. The van der Waals surface area contributed by atoms with E-state index >= 15 is 0 Å². The van der Waals surface area contributed by atoms with Crippen LogP contribution in [0.2, 0.25) is 0 Å². The summed E-state index contributed by atoms with van der Waals surface area (Å²) < 4.78 is 0. The van der Waals surface area contributed by atoms with E-state index in [4.69, 9.17) is 5.11 Å². The predicted octanol–water partition coefficient (Wildman–Crippen LogP) is 4.23. The van der Waals surface area contributed by atoms with Gasteiger partial charge >= 0.3 is 5.97 Å². The Balaban J connectivity index is 0.000000218. The fourth-order valence-electron chi connectivity index (χ4n) is 1.20. The molecule has 100 valence electrons. The lowest BCUT2D eigenvalue weighted by Gasteiger charge is -1.97. The smallest absolute Gasteiger partial charge is 0.304 e. The highest BCUT2D eigenvalue weighted by Crippen LogP contribution is 2.17. The van der Waals surface area contributed by atoms with Gasteiger partial charge in [-0.2, -0.15) is 0 Å². The fourth-order valence-corrected chi connectivity index (χ4v) is 2.24. The van der Waals surface area contributed by atoms with Crippen LogP contribution in [0.1, 0.15) is 6.42 Å². The Bertz CT molecular complexity index is 472. The standard InChI is InChI=1S/C9H10O2S.C6H6S/c10-9(11)6-7-12-8-4-2-1-3-5-8;7-6-4-2-1-3-5-6/h1-5H,6-7H2,(H,10,11);1-5,7H. The number of hydrogen-bond donors (Lipinski definition) is 2. The van der Waals surface area contributed by atoms with Gasteiger partial charge in [0.25, 0.3) is 0 Å². The first kappa shape index (κ1) is 15.7. The number of hydrogen-bond acceptors (Lipinski definition) is 3. The third kappa shape index (κ3) is 8.35. The first-order chi connectivity index (χ1) is 9.18. The van der Waals surface area contributed by atoms with Crippen molar-refractivity contribution in [3.63, 3.8) is 0 Å². The van der Waals surface area contributed by atoms with Crippen LogP contribution in [0.25, 0.3) is 0 Å². The van der Waals surface area contributed by atoms with Crippen molar-refractivity contribution in [1.29, 1.82) is 0 Å². The van der Waals surface area contributed by atoms with Gasteiger partial charge in [-0.3, -0.25) is 4.79 Å². The molecule has 2 nitrogen and oxygen atoms in total. The zero-order valence-corrected chi connectivity index (χ0v) is 12.1. The number of benzene rings is 2. The van der Waals surface area contributed by atoms with Crippen LogP contribution in [0.15, 0.2) is 70.5 Å². The van der Waals surface area contributed by atoms with Gasteiger partial charge in [0.2, 0.25) is 0 Å². The summed E-state index contributed by atoms with van der Waals surface area (Å²) in [5.74, 6) is -0.0993. The largest absolute Gasteiger partial charge is 0.481 e. The normalized spacial score (nSPS) is 9.32. The molecule has 0 saturated carbocycles. The second kappa shape index (κ2) is 9.53. The van der Waals surface area contributed by atoms with Crippen molar-refractivity contribution in [2.24, 2.45) is 0 Å². The maximum atomic E-state index is 10.2. The molecule has 0 radical (unpaired) electrons. The number of aliphatic carboxylic acids is 1. The van der Waals surface area contributed by atoms with Gasteiger partial charge in [-0.15, -0.1) is 24.4 Å². The minimum atomic E-state index is -0.738. The highest BCUT2D eigenvalue weighted by molar-refractivity contribution is 7.99. The van der Waals surface area contributed by atoms with E-state index in [1.807, 2.05) is 60.7 Å². The van der Waals surface area contributed by atoms with E-state index in [1.165, 1.54) is 0 Å². The molecule has 0 fully saturated rings. The number of carboxylic acids is 1. The first-order valence-corrected chi connectivity index (χ1v) is 7.25. The van der Waals surface area contributed by atoms with Gasteiger partial charge in [0.05, 0.1) is 6.42 Å². The van der Waals surface area contributed by atoms with E-state index in [-0.39, 0.29) is 6.42 Å². The maximum absolute atomic E-state index is 10.2. The summed E-state index contributed by atoms with van der Waals surface area (Å²) in [6.07, 6.45) is 0.222. The van der Waals surface area contributed by atoms with Gasteiger partial charge in [0.1, 0.15) is 0 Å². The second-order valence-electron chi connectivity index (χ2n) is 3.64. The van der Waals surface area contributed by atoms with Gasteiger partial charge in [-0.1, -0.05) is 36.4 Å². The molecule has 0 unspecified atom stereocenters. The lowest BCUT2D eigenvalue weighted by Crippen LogP contribution is -1.95. The Morgan fingerprint density at radius 2 is 1.53 bits per heavy atom. The molecule has 0 aliphatic carbocycles. The molecule has 0 bridgehead atoms. The zero-order valence-electron chi connectivity index (χ0n) is 10.4. The van der Waals surface area contributed by atoms with E-state index in [9.17, 15) is 4.79 Å². The highest BCUT2D eigenvalue weighted by atomic mass is 32.2. The Kier molecular flexibility index (Phi) is 7.86. The summed E-state index contributed by atoms with van der Waals surface area (Å²) >= 11 is 5.65. The van der Waals surface area contributed by atoms with Gasteiger partial charge in [-0.05, 0) is 24.3 Å².